The van der Waals surface area contributed by atoms with E-state index in [1.807, 2.05) is 12.1 Å². The second-order valence-corrected chi connectivity index (χ2v) is 4.05. The number of nitrogens with one attached hydrogen (secondary N) is 1. The van der Waals surface area contributed by atoms with Crippen molar-refractivity contribution in [3.8, 4) is 0 Å². The van der Waals surface area contributed by atoms with Crippen LogP contribution in [-0.4, -0.2) is 22.7 Å². The van der Waals surface area contributed by atoms with Crippen LogP contribution in [-0.2, 0) is 5.60 Å². The molecule has 0 amide bonds. The van der Waals surface area contributed by atoms with Crippen LogP contribution >= 0.6 is 0 Å². The van der Waals surface area contributed by atoms with Gasteiger partial charge in [-0.2, -0.15) is 0 Å². The summed E-state index contributed by atoms with van der Waals surface area (Å²) in [6.45, 7) is 6.44. The van der Waals surface area contributed by atoms with Crippen molar-refractivity contribution >= 4 is 0 Å². The quantitative estimate of drug-likeness (QED) is 0.759. The molecule has 2 N–H and O–H groups in total. The Morgan fingerprint density at radius 1 is 1.57 bits per heavy atom. The molecule has 0 aliphatic heterocycles. The van der Waals surface area contributed by atoms with Crippen LogP contribution in [0.15, 0.2) is 24.5 Å². The van der Waals surface area contributed by atoms with E-state index in [-0.39, 0.29) is 0 Å². The smallest absolute Gasteiger partial charge is 0.101 e. The van der Waals surface area contributed by atoms with Crippen molar-refractivity contribution in [3.05, 3.63) is 30.1 Å². The van der Waals surface area contributed by atoms with Gasteiger partial charge in [0, 0.05) is 30.5 Å². The summed E-state index contributed by atoms with van der Waals surface area (Å²) in [6, 6.07) is 4.09. The number of nitrogens with zero attached hydrogens (tertiary/aromatic N) is 1. The first-order chi connectivity index (χ1) is 6.52. The van der Waals surface area contributed by atoms with E-state index in [0.29, 0.717) is 12.6 Å². The maximum atomic E-state index is 10.1. The van der Waals surface area contributed by atoms with Crippen LogP contribution in [0.3, 0.4) is 0 Å². The van der Waals surface area contributed by atoms with E-state index >= 15 is 0 Å². The summed E-state index contributed by atoms with van der Waals surface area (Å²) in [7, 11) is 0. The fourth-order valence-electron chi connectivity index (χ4n) is 1.19. The molecule has 3 heteroatoms. The molecule has 0 radical (unpaired) electrons. The van der Waals surface area contributed by atoms with Gasteiger partial charge in [-0.15, -0.1) is 0 Å². The van der Waals surface area contributed by atoms with Crippen molar-refractivity contribution in [3.63, 3.8) is 0 Å². The number of pyridine rings is 1. The molecule has 0 aliphatic carbocycles. The average molecular weight is 194 g/mol. The molecule has 1 unspecified atom stereocenters. The van der Waals surface area contributed by atoms with Crippen LogP contribution in [0.4, 0.5) is 0 Å². The molecule has 0 saturated heterocycles. The van der Waals surface area contributed by atoms with E-state index in [1.165, 1.54) is 0 Å². The Bertz CT molecular complexity index is 270. The molecule has 1 atom stereocenters. The molecule has 1 aromatic heterocycles. The third-order valence-corrected chi connectivity index (χ3v) is 2.14. The molecule has 0 aromatic carbocycles. The first-order valence-electron chi connectivity index (χ1n) is 4.88. The molecule has 1 rings (SSSR count). The van der Waals surface area contributed by atoms with Crippen LogP contribution in [0, 0.1) is 0 Å². The number of aromatic nitrogens is 1. The second-order valence-electron chi connectivity index (χ2n) is 4.05. The van der Waals surface area contributed by atoms with E-state index < -0.39 is 5.60 Å². The summed E-state index contributed by atoms with van der Waals surface area (Å²) in [5.41, 5.74) is -0.00780. The monoisotopic (exact) mass is 194 g/mol. The number of rotatable bonds is 4. The molecule has 0 aliphatic rings. The van der Waals surface area contributed by atoms with Crippen molar-refractivity contribution in [2.24, 2.45) is 0 Å². The Morgan fingerprint density at radius 3 is 2.79 bits per heavy atom. The second kappa shape index (κ2) is 4.53. The van der Waals surface area contributed by atoms with Crippen LogP contribution in [0.25, 0.3) is 0 Å². The SMILES string of the molecule is CC(C)NCC(C)(O)c1cccnc1. The van der Waals surface area contributed by atoms with E-state index in [4.69, 9.17) is 0 Å². The third-order valence-electron chi connectivity index (χ3n) is 2.14. The summed E-state index contributed by atoms with van der Waals surface area (Å²) in [5, 5.41) is 13.3. The summed E-state index contributed by atoms with van der Waals surface area (Å²) >= 11 is 0. The van der Waals surface area contributed by atoms with Gasteiger partial charge in [-0.05, 0) is 13.0 Å². The van der Waals surface area contributed by atoms with Crippen LogP contribution < -0.4 is 5.32 Å². The molecule has 0 bridgehead atoms. The Balaban J connectivity index is 2.66. The number of aliphatic hydroxyl groups is 1. The van der Waals surface area contributed by atoms with E-state index in [2.05, 4.69) is 24.1 Å². The van der Waals surface area contributed by atoms with Gasteiger partial charge in [0.25, 0.3) is 0 Å². The topological polar surface area (TPSA) is 45.1 Å². The van der Waals surface area contributed by atoms with Crippen LogP contribution in [0.1, 0.15) is 26.3 Å². The van der Waals surface area contributed by atoms with Crippen molar-refractivity contribution in [1.82, 2.24) is 10.3 Å². The molecule has 0 saturated carbocycles. The lowest BCUT2D eigenvalue weighted by atomic mass is 9.98. The molecule has 1 heterocycles. The minimum Gasteiger partial charge on any atom is -0.384 e. The highest BCUT2D eigenvalue weighted by Gasteiger charge is 2.22. The first kappa shape index (κ1) is 11.1. The minimum absolute atomic E-state index is 0.373. The normalized spacial score (nSPS) is 15.5. The van der Waals surface area contributed by atoms with Crippen molar-refractivity contribution < 1.29 is 5.11 Å². The summed E-state index contributed by atoms with van der Waals surface area (Å²) < 4.78 is 0. The predicted octanol–water partition coefficient (Wildman–Crippen LogP) is 1.29. The summed E-state index contributed by atoms with van der Waals surface area (Å²) in [4.78, 5) is 3.99. The fraction of sp³-hybridized carbons (Fsp3) is 0.545. The zero-order valence-corrected chi connectivity index (χ0v) is 8.99. The van der Waals surface area contributed by atoms with Gasteiger partial charge in [-0.1, -0.05) is 19.9 Å². The largest absolute Gasteiger partial charge is 0.384 e. The lowest BCUT2D eigenvalue weighted by Crippen LogP contribution is -2.38. The number of hydrogen-bond donors (Lipinski definition) is 2. The minimum atomic E-state index is -0.849. The lowest BCUT2D eigenvalue weighted by molar-refractivity contribution is 0.0546. The number of hydrogen-bond acceptors (Lipinski definition) is 3. The average Bonchev–Trinajstić information content (AvgIpc) is 2.16. The Labute approximate surface area is 85.2 Å². The molecule has 3 nitrogen and oxygen atoms in total. The van der Waals surface area contributed by atoms with Crippen LogP contribution in [0.2, 0.25) is 0 Å². The van der Waals surface area contributed by atoms with Gasteiger partial charge in [-0.25, -0.2) is 0 Å². The van der Waals surface area contributed by atoms with Crippen molar-refractivity contribution in [2.75, 3.05) is 6.54 Å². The zero-order valence-electron chi connectivity index (χ0n) is 8.99. The van der Waals surface area contributed by atoms with Gasteiger partial charge in [0.2, 0.25) is 0 Å². The van der Waals surface area contributed by atoms with E-state index in [1.54, 1.807) is 19.3 Å². The van der Waals surface area contributed by atoms with Crippen molar-refractivity contribution in [1.29, 1.82) is 0 Å². The summed E-state index contributed by atoms with van der Waals surface area (Å²) in [6.07, 6.45) is 3.40. The molecule has 14 heavy (non-hydrogen) atoms. The van der Waals surface area contributed by atoms with E-state index in [9.17, 15) is 5.11 Å². The lowest BCUT2D eigenvalue weighted by Gasteiger charge is -2.25. The highest BCUT2D eigenvalue weighted by molar-refractivity contribution is 5.17. The molecular weight excluding hydrogens is 176 g/mol. The predicted molar refractivity (Wildman–Crippen MR) is 56.9 cm³/mol. The van der Waals surface area contributed by atoms with Gasteiger partial charge < -0.3 is 10.4 Å². The van der Waals surface area contributed by atoms with Gasteiger partial charge >= 0.3 is 0 Å². The first-order valence-corrected chi connectivity index (χ1v) is 4.88. The standard InChI is InChI=1S/C11H18N2O/c1-9(2)13-8-11(3,14)10-5-4-6-12-7-10/h4-7,9,13-14H,8H2,1-3H3. The Hall–Kier alpha value is -0.930. The maximum Gasteiger partial charge on any atom is 0.101 e. The highest BCUT2D eigenvalue weighted by Crippen LogP contribution is 2.17. The van der Waals surface area contributed by atoms with Gasteiger partial charge in [0.05, 0.1) is 0 Å². The Morgan fingerprint density at radius 2 is 2.29 bits per heavy atom. The molecule has 1 aromatic rings. The van der Waals surface area contributed by atoms with Gasteiger partial charge in [-0.3, -0.25) is 4.98 Å². The highest BCUT2D eigenvalue weighted by atomic mass is 16.3. The van der Waals surface area contributed by atoms with E-state index in [0.717, 1.165) is 5.56 Å². The molecule has 0 spiro atoms. The summed E-state index contributed by atoms with van der Waals surface area (Å²) in [5.74, 6) is 0. The molecule has 0 fully saturated rings. The third kappa shape index (κ3) is 3.09. The fourth-order valence-corrected chi connectivity index (χ4v) is 1.19. The van der Waals surface area contributed by atoms with Crippen LogP contribution in [0.5, 0.6) is 0 Å². The zero-order chi connectivity index (χ0) is 10.6. The van der Waals surface area contributed by atoms with Gasteiger partial charge in [0.15, 0.2) is 0 Å². The Kier molecular flexibility index (Phi) is 3.61. The molecular formula is C11H18N2O. The maximum absolute atomic E-state index is 10.1. The molecule has 78 valence electrons. The van der Waals surface area contributed by atoms with Crippen molar-refractivity contribution in [2.45, 2.75) is 32.4 Å². The van der Waals surface area contributed by atoms with Gasteiger partial charge in [0.1, 0.15) is 5.60 Å².